The maximum absolute atomic E-state index is 7.28. The molecule has 0 aromatic heterocycles. The second kappa shape index (κ2) is 21.3. The average Bonchev–Trinajstić information content (AvgIpc) is 3.22. The lowest BCUT2D eigenvalue weighted by Gasteiger charge is -2.51. The highest BCUT2D eigenvalue weighted by molar-refractivity contribution is 14.1. The average molecular weight is 925 g/mol. The van der Waals surface area contributed by atoms with Gasteiger partial charge in [0, 0.05) is 7.11 Å². The molecule has 314 valence electrons. The van der Waals surface area contributed by atoms with E-state index in [0.29, 0.717) is 26.4 Å². The lowest BCUT2D eigenvalue weighted by atomic mass is 9.97. The monoisotopic (exact) mass is 924 g/mol. The van der Waals surface area contributed by atoms with Crippen LogP contribution in [0.3, 0.4) is 0 Å². The Balaban J connectivity index is 1.32. The number of hydrogen-bond acceptors (Lipinski definition) is 9. The minimum Gasteiger partial charge on any atom is -0.410 e. The van der Waals surface area contributed by atoms with Gasteiger partial charge in [0.25, 0.3) is 0 Å². The Hall–Kier alpha value is -2.53. The smallest absolute Gasteiger partial charge is 0.192 e. The van der Waals surface area contributed by atoms with Gasteiger partial charge in [0.1, 0.15) is 30.5 Å². The van der Waals surface area contributed by atoms with E-state index >= 15 is 0 Å². The standard InChI is InChI=1S/C47H61IO9Si/c1-33-40(51-29-35-22-14-9-15-23-35)42(57-58(6,7)47(2,3)4)39(48)45(54-33)56-41-38(32-50-28-34-20-12-8-13-21-34)55-46(49-5)44(53-31-37-26-18-11-19-27-37)43(41)52-30-36-24-16-10-17-25-36/h8-27,33,38-46H,28-32H2,1-7H3/t33-,38-,39-,40-,41-,42-,43+,44-,45+,46+/m1/s1. The number of ether oxygens (including phenoxy) is 8. The SMILES string of the molecule is CO[C@H]1O[C@H](COCc2ccccc2)[C@@H](O[C@@H]2O[C@H](C)[C@@H](OCc3ccccc3)[C@H](O[Si](C)(C)C(C)(C)C)[C@H]2I)[C@H](OCc2ccccc2)[C@H]1OCc1ccccc1. The first-order valence-electron chi connectivity index (χ1n) is 20.3. The Kier molecular flexibility index (Phi) is 16.5. The minimum atomic E-state index is -2.29. The highest BCUT2D eigenvalue weighted by atomic mass is 127. The molecule has 0 saturated carbocycles. The molecule has 11 heteroatoms. The van der Waals surface area contributed by atoms with Crippen LogP contribution >= 0.6 is 22.6 Å². The fraction of sp³-hybridized carbons (Fsp3) is 0.489. The Morgan fingerprint density at radius 2 is 1.02 bits per heavy atom. The number of alkyl halides is 1. The molecule has 2 aliphatic heterocycles. The maximum Gasteiger partial charge on any atom is 0.192 e. The van der Waals surface area contributed by atoms with Gasteiger partial charge < -0.3 is 42.3 Å². The van der Waals surface area contributed by atoms with Crippen molar-refractivity contribution in [2.75, 3.05) is 13.7 Å². The molecule has 0 spiro atoms. The first kappa shape index (κ1) is 45.0. The third-order valence-corrected chi connectivity index (χ3v) is 17.1. The van der Waals surface area contributed by atoms with Gasteiger partial charge in [-0.3, -0.25) is 0 Å². The van der Waals surface area contributed by atoms with E-state index in [2.05, 4.69) is 80.7 Å². The molecule has 2 saturated heterocycles. The number of benzene rings is 4. The van der Waals surface area contributed by atoms with Crippen LogP contribution in [-0.2, 0) is 68.7 Å². The number of methoxy groups -OCH3 is 1. The van der Waals surface area contributed by atoms with E-state index in [-0.39, 0.29) is 33.9 Å². The summed E-state index contributed by atoms with van der Waals surface area (Å²) in [6.45, 7) is 15.1. The molecule has 2 fully saturated rings. The number of rotatable bonds is 18. The van der Waals surface area contributed by atoms with Crippen LogP contribution in [0.4, 0.5) is 0 Å². The number of halogens is 1. The van der Waals surface area contributed by atoms with Crippen LogP contribution in [0.5, 0.6) is 0 Å². The van der Waals surface area contributed by atoms with Gasteiger partial charge in [0.2, 0.25) is 0 Å². The highest BCUT2D eigenvalue weighted by Gasteiger charge is 2.54. The minimum absolute atomic E-state index is 0.0293. The van der Waals surface area contributed by atoms with E-state index in [1.807, 2.05) is 104 Å². The summed E-state index contributed by atoms with van der Waals surface area (Å²) in [7, 11) is -0.662. The lowest BCUT2D eigenvalue weighted by Crippen LogP contribution is -2.65. The fourth-order valence-electron chi connectivity index (χ4n) is 7.01. The highest BCUT2D eigenvalue weighted by Crippen LogP contribution is 2.42. The molecule has 2 heterocycles. The Morgan fingerprint density at radius 3 is 1.48 bits per heavy atom. The molecular weight excluding hydrogens is 863 g/mol. The van der Waals surface area contributed by atoms with E-state index < -0.39 is 45.3 Å². The molecule has 58 heavy (non-hydrogen) atoms. The summed E-state index contributed by atoms with van der Waals surface area (Å²) in [4.78, 5) is 0. The first-order chi connectivity index (χ1) is 27.9. The molecule has 6 rings (SSSR count). The second-order valence-electron chi connectivity index (χ2n) is 16.7. The van der Waals surface area contributed by atoms with Crippen molar-refractivity contribution in [1.29, 1.82) is 0 Å². The van der Waals surface area contributed by atoms with Gasteiger partial charge in [-0.25, -0.2) is 0 Å². The van der Waals surface area contributed by atoms with Crippen LogP contribution in [0.2, 0.25) is 18.1 Å². The van der Waals surface area contributed by atoms with Gasteiger partial charge in [0.15, 0.2) is 20.9 Å². The molecule has 0 radical (unpaired) electrons. The number of hydrogen-bond donors (Lipinski definition) is 0. The summed E-state index contributed by atoms with van der Waals surface area (Å²) in [6, 6.07) is 40.5. The van der Waals surface area contributed by atoms with Crippen LogP contribution < -0.4 is 0 Å². The van der Waals surface area contributed by atoms with Crippen molar-refractivity contribution in [3.63, 3.8) is 0 Å². The maximum atomic E-state index is 7.28. The van der Waals surface area contributed by atoms with Gasteiger partial charge in [-0.2, -0.15) is 0 Å². The molecule has 0 bridgehead atoms. The molecule has 4 aromatic carbocycles. The van der Waals surface area contributed by atoms with Crippen molar-refractivity contribution in [1.82, 2.24) is 0 Å². The van der Waals surface area contributed by atoms with Gasteiger partial charge in [-0.05, 0) is 47.3 Å². The van der Waals surface area contributed by atoms with Crippen LogP contribution in [-0.4, -0.2) is 81.3 Å². The van der Waals surface area contributed by atoms with E-state index in [0.717, 1.165) is 22.3 Å². The van der Waals surface area contributed by atoms with Crippen molar-refractivity contribution in [3.8, 4) is 0 Å². The quantitative estimate of drug-likeness (QED) is 0.0551. The zero-order valence-corrected chi connectivity index (χ0v) is 38.1. The summed E-state index contributed by atoms with van der Waals surface area (Å²) in [5.74, 6) is 0. The van der Waals surface area contributed by atoms with Crippen molar-refractivity contribution in [2.45, 2.75) is 131 Å². The van der Waals surface area contributed by atoms with E-state index in [4.69, 9.17) is 42.3 Å². The van der Waals surface area contributed by atoms with Crippen LogP contribution in [0.1, 0.15) is 49.9 Å². The van der Waals surface area contributed by atoms with Crippen LogP contribution in [0, 0.1) is 0 Å². The zero-order chi connectivity index (χ0) is 41.1. The van der Waals surface area contributed by atoms with Gasteiger partial charge in [-0.1, -0.05) is 165 Å². The van der Waals surface area contributed by atoms with Crippen LogP contribution in [0.15, 0.2) is 121 Å². The van der Waals surface area contributed by atoms with Crippen molar-refractivity contribution in [2.24, 2.45) is 0 Å². The molecule has 9 nitrogen and oxygen atoms in total. The van der Waals surface area contributed by atoms with Gasteiger partial charge in [0.05, 0.1) is 49.2 Å². The van der Waals surface area contributed by atoms with Crippen molar-refractivity contribution in [3.05, 3.63) is 144 Å². The summed E-state index contributed by atoms with van der Waals surface area (Å²) in [5, 5.41) is -0.0293. The first-order valence-corrected chi connectivity index (χ1v) is 24.5. The van der Waals surface area contributed by atoms with Crippen molar-refractivity contribution >= 4 is 30.9 Å². The van der Waals surface area contributed by atoms with Crippen LogP contribution in [0.25, 0.3) is 0 Å². The summed E-state index contributed by atoms with van der Waals surface area (Å²) in [5.41, 5.74) is 4.20. The molecule has 10 atom stereocenters. The molecule has 4 aromatic rings. The molecule has 0 N–H and O–H groups in total. The Labute approximate surface area is 360 Å². The summed E-state index contributed by atoms with van der Waals surface area (Å²) < 4.78 is 60.6. The zero-order valence-electron chi connectivity index (χ0n) is 34.9. The Morgan fingerprint density at radius 1 is 0.569 bits per heavy atom. The molecular formula is C47H61IO9Si. The molecule has 0 unspecified atom stereocenters. The predicted molar refractivity (Wildman–Crippen MR) is 236 cm³/mol. The van der Waals surface area contributed by atoms with E-state index in [9.17, 15) is 0 Å². The molecule has 2 aliphatic rings. The lowest BCUT2D eigenvalue weighted by molar-refractivity contribution is -0.349. The molecule has 0 aliphatic carbocycles. The normalized spacial score (nSPS) is 28.0. The third kappa shape index (κ3) is 12.1. The largest absolute Gasteiger partial charge is 0.410 e. The predicted octanol–water partition coefficient (Wildman–Crippen LogP) is 9.65. The van der Waals surface area contributed by atoms with Gasteiger partial charge in [-0.15, -0.1) is 0 Å². The molecule has 0 amide bonds. The summed E-state index contributed by atoms with van der Waals surface area (Å²) >= 11 is 2.45. The van der Waals surface area contributed by atoms with Crippen molar-refractivity contribution < 1.29 is 42.3 Å². The van der Waals surface area contributed by atoms with E-state index in [1.165, 1.54) is 0 Å². The van der Waals surface area contributed by atoms with Gasteiger partial charge >= 0.3 is 0 Å². The Bertz CT molecular complexity index is 1760. The fourth-order valence-corrected chi connectivity index (χ4v) is 9.50. The third-order valence-electron chi connectivity index (χ3n) is 11.3. The summed E-state index contributed by atoms with van der Waals surface area (Å²) in [6.07, 6.45) is -5.05. The van der Waals surface area contributed by atoms with E-state index in [1.54, 1.807) is 7.11 Å². The second-order valence-corrected chi connectivity index (χ2v) is 22.9. The topological polar surface area (TPSA) is 83.1 Å².